The van der Waals surface area contributed by atoms with E-state index >= 15 is 0 Å². The molecule has 0 aromatic carbocycles. The van der Waals surface area contributed by atoms with Gasteiger partial charge in [0.15, 0.2) is 0 Å². The molecule has 0 fully saturated rings. The number of carbonyl (C=O) groups excluding carboxylic acids is 1. The lowest BCUT2D eigenvalue weighted by atomic mass is 10.3. The molecule has 6 nitrogen and oxygen atoms in total. The predicted molar refractivity (Wildman–Crippen MR) is 53.0 cm³/mol. The molecule has 0 aliphatic carbocycles. The van der Waals surface area contributed by atoms with Crippen LogP contribution in [0.2, 0.25) is 0 Å². The molecular formula is C8H12NO5P. The molecule has 84 valence electrons. The number of allylic oxidation sites excluding steroid dienone is 2. The number of carbonyl (C=O) groups is 1. The second-order valence-electron chi connectivity index (χ2n) is 2.87. The molecule has 1 aliphatic rings. The molecule has 1 aliphatic heterocycles. The van der Waals surface area contributed by atoms with Crippen LogP contribution in [0.25, 0.3) is 0 Å². The number of hydrogen-bond acceptors (Lipinski definition) is 3. The first-order valence-electron chi connectivity index (χ1n) is 4.32. The number of rotatable bonds is 2. The third-order valence-corrected chi connectivity index (χ3v) is 2.88. The van der Waals surface area contributed by atoms with Gasteiger partial charge >= 0.3 is 13.7 Å². The van der Waals surface area contributed by atoms with Crippen LogP contribution in [0.3, 0.4) is 0 Å². The van der Waals surface area contributed by atoms with Gasteiger partial charge < -0.3 is 14.5 Å². The molecular weight excluding hydrogens is 221 g/mol. The Hall–Kier alpha value is -1.10. The highest BCUT2D eigenvalue weighted by molar-refractivity contribution is 7.53. The number of nitrogens with zero attached hydrogens (tertiary/aromatic N) is 1. The summed E-state index contributed by atoms with van der Waals surface area (Å²) in [5.74, 6) is 0. The summed E-state index contributed by atoms with van der Waals surface area (Å²) in [5.41, 5.74) is -0.969. The Morgan fingerprint density at radius 3 is 2.40 bits per heavy atom. The lowest BCUT2D eigenvalue weighted by Crippen LogP contribution is -2.24. The summed E-state index contributed by atoms with van der Waals surface area (Å²) in [6.45, 7) is 1.92. The van der Waals surface area contributed by atoms with E-state index in [2.05, 4.69) is 0 Å². The molecule has 0 aromatic heterocycles. The predicted octanol–water partition coefficient (Wildman–Crippen LogP) is 1.03. The van der Waals surface area contributed by atoms with Crippen molar-refractivity contribution in [2.45, 2.75) is 12.6 Å². The van der Waals surface area contributed by atoms with E-state index in [1.165, 1.54) is 24.6 Å². The van der Waals surface area contributed by atoms with Crippen LogP contribution in [0.5, 0.6) is 0 Å². The maximum absolute atomic E-state index is 11.2. The van der Waals surface area contributed by atoms with Crippen molar-refractivity contribution < 1.29 is 23.9 Å². The fourth-order valence-electron chi connectivity index (χ4n) is 1.02. The van der Waals surface area contributed by atoms with Crippen molar-refractivity contribution in [3.05, 3.63) is 24.6 Å². The average Bonchev–Trinajstić information content (AvgIpc) is 2.17. The molecule has 0 spiro atoms. The van der Waals surface area contributed by atoms with E-state index in [9.17, 15) is 9.36 Å². The van der Waals surface area contributed by atoms with E-state index < -0.39 is 19.3 Å². The zero-order valence-electron chi connectivity index (χ0n) is 8.11. The maximum Gasteiger partial charge on any atom is 0.417 e. The van der Waals surface area contributed by atoms with Crippen LogP contribution in [-0.4, -0.2) is 33.0 Å². The molecule has 0 saturated heterocycles. The smallest absolute Gasteiger partial charge is 0.417 e. The Balaban J connectivity index is 2.64. The lowest BCUT2D eigenvalue weighted by Gasteiger charge is -2.19. The van der Waals surface area contributed by atoms with Crippen molar-refractivity contribution in [3.63, 3.8) is 0 Å². The van der Waals surface area contributed by atoms with E-state index in [-0.39, 0.29) is 6.61 Å². The van der Waals surface area contributed by atoms with Crippen molar-refractivity contribution in [1.82, 2.24) is 4.90 Å². The van der Waals surface area contributed by atoms with Gasteiger partial charge in [-0.3, -0.25) is 9.46 Å². The second kappa shape index (κ2) is 4.61. The summed E-state index contributed by atoms with van der Waals surface area (Å²) >= 11 is 0. The first-order valence-corrected chi connectivity index (χ1v) is 6.00. The van der Waals surface area contributed by atoms with Crippen molar-refractivity contribution in [3.8, 4) is 0 Å². The van der Waals surface area contributed by atoms with E-state index in [1.807, 2.05) is 0 Å². The molecule has 0 aromatic rings. The topological polar surface area (TPSA) is 87.1 Å². The van der Waals surface area contributed by atoms with Gasteiger partial charge in [-0.05, 0) is 19.1 Å². The Morgan fingerprint density at radius 1 is 1.47 bits per heavy atom. The zero-order valence-corrected chi connectivity index (χ0v) is 9.00. The molecule has 1 amide bonds. The van der Waals surface area contributed by atoms with Gasteiger partial charge in [0.2, 0.25) is 0 Å². The average molecular weight is 233 g/mol. The summed E-state index contributed by atoms with van der Waals surface area (Å²) in [6, 6.07) is 0. The van der Waals surface area contributed by atoms with E-state index in [0.29, 0.717) is 0 Å². The molecule has 0 unspecified atom stereocenters. The van der Waals surface area contributed by atoms with Crippen LogP contribution in [0.1, 0.15) is 6.92 Å². The van der Waals surface area contributed by atoms with Crippen LogP contribution in [0.15, 0.2) is 24.6 Å². The Kier molecular flexibility index (Phi) is 3.68. The summed E-state index contributed by atoms with van der Waals surface area (Å²) in [6.07, 6.45) is 4.51. The first kappa shape index (κ1) is 12.0. The van der Waals surface area contributed by atoms with Crippen LogP contribution in [0, 0.1) is 0 Å². The Morgan fingerprint density at radius 2 is 2.00 bits per heavy atom. The van der Waals surface area contributed by atoms with Gasteiger partial charge in [-0.1, -0.05) is 0 Å². The maximum atomic E-state index is 11.2. The van der Waals surface area contributed by atoms with Crippen molar-refractivity contribution in [2.24, 2.45) is 0 Å². The highest BCUT2D eigenvalue weighted by Gasteiger charge is 2.26. The molecule has 0 bridgehead atoms. The van der Waals surface area contributed by atoms with Gasteiger partial charge in [0.25, 0.3) is 0 Å². The fourth-order valence-corrected chi connectivity index (χ4v) is 1.62. The second-order valence-corrected chi connectivity index (χ2v) is 4.64. The highest BCUT2D eigenvalue weighted by Crippen LogP contribution is 2.43. The largest absolute Gasteiger partial charge is 0.449 e. The molecule has 7 heteroatoms. The summed E-state index contributed by atoms with van der Waals surface area (Å²) < 4.78 is 15.5. The van der Waals surface area contributed by atoms with Crippen molar-refractivity contribution in [1.29, 1.82) is 0 Å². The first-order chi connectivity index (χ1) is 6.95. The molecule has 0 saturated carbocycles. The number of ether oxygens (including phenoxy) is 1. The third kappa shape index (κ3) is 3.20. The molecule has 1 rings (SSSR count). The summed E-state index contributed by atoms with van der Waals surface area (Å²) in [4.78, 5) is 30.0. The zero-order chi connectivity index (χ0) is 11.5. The Labute approximate surface area is 87.0 Å². The third-order valence-electron chi connectivity index (χ3n) is 1.75. The minimum absolute atomic E-state index is 0.249. The van der Waals surface area contributed by atoms with Gasteiger partial charge in [-0.25, -0.2) is 4.79 Å². The SMILES string of the molecule is CCOC(=O)N1C=CC(P(=O)(O)O)C=C1. The Bertz CT molecular complexity index is 331. The van der Waals surface area contributed by atoms with E-state index in [0.717, 1.165) is 4.90 Å². The molecule has 1 heterocycles. The number of hydrogen-bond donors (Lipinski definition) is 2. The summed E-state index contributed by atoms with van der Waals surface area (Å²) in [5, 5.41) is 0. The van der Waals surface area contributed by atoms with Gasteiger partial charge in [0.1, 0.15) is 5.66 Å². The van der Waals surface area contributed by atoms with Crippen LogP contribution >= 0.6 is 7.60 Å². The lowest BCUT2D eigenvalue weighted by molar-refractivity contribution is 0.133. The van der Waals surface area contributed by atoms with Gasteiger partial charge in [0, 0.05) is 12.4 Å². The highest BCUT2D eigenvalue weighted by atomic mass is 31.2. The monoisotopic (exact) mass is 233 g/mol. The van der Waals surface area contributed by atoms with Crippen molar-refractivity contribution in [2.75, 3.05) is 6.61 Å². The molecule has 15 heavy (non-hydrogen) atoms. The van der Waals surface area contributed by atoms with Crippen molar-refractivity contribution >= 4 is 13.7 Å². The summed E-state index contributed by atoms with van der Waals surface area (Å²) in [7, 11) is -4.17. The van der Waals surface area contributed by atoms with Crippen LogP contribution in [0.4, 0.5) is 4.79 Å². The van der Waals surface area contributed by atoms with Gasteiger partial charge in [-0.2, -0.15) is 0 Å². The molecule has 0 radical (unpaired) electrons. The fraction of sp³-hybridized carbons (Fsp3) is 0.375. The van der Waals surface area contributed by atoms with Crippen LogP contribution in [-0.2, 0) is 9.30 Å². The van der Waals surface area contributed by atoms with Gasteiger partial charge in [0.05, 0.1) is 6.61 Å². The molecule has 2 N–H and O–H groups in total. The normalized spacial score (nSPS) is 16.9. The molecule has 0 atom stereocenters. The van der Waals surface area contributed by atoms with E-state index in [1.54, 1.807) is 6.92 Å². The number of amides is 1. The standard InChI is InChI=1S/C8H12NO5P/c1-2-14-8(10)9-5-3-7(4-6-9)15(11,12)13/h3-7H,2H2,1H3,(H2,11,12,13). The quantitative estimate of drug-likeness (QED) is 0.695. The van der Waals surface area contributed by atoms with Crippen LogP contribution < -0.4 is 0 Å². The minimum atomic E-state index is -4.17. The van der Waals surface area contributed by atoms with Gasteiger partial charge in [-0.15, -0.1) is 0 Å². The minimum Gasteiger partial charge on any atom is -0.449 e. The van der Waals surface area contributed by atoms with E-state index in [4.69, 9.17) is 14.5 Å².